The zero-order valence-electron chi connectivity index (χ0n) is 18.6. The van der Waals surface area contributed by atoms with Crippen molar-refractivity contribution in [2.45, 2.75) is 31.2 Å². The van der Waals surface area contributed by atoms with Gasteiger partial charge >= 0.3 is 0 Å². The number of rotatable bonds is 7. The summed E-state index contributed by atoms with van der Waals surface area (Å²) in [7, 11) is -2.56. The highest BCUT2D eigenvalue weighted by Crippen LogP contribution is 2.22. The van der Waals surface area contributed by atoms with Gasteiger partial charge in [0.05, 0.1) is 7.11 Å². The molecule has 0 aromatic heterocycles. The fraction of sp³-hybridized carbons (Fsp3) is 0.435. The van der Waals surface area contributed by atoms with E-state index in [1.54, 1.807) is 25.9 Å². The molecule has 0 radical (unpaired) electrons. The van der Waals surface area contributed by atoms with Crippen LogP contribution >= 0.6 is 0 Å². The first-order chi connectivity index (χ1) is 15.2. The Morgan fingerprint density at radius 2 is 1.72 bits per heavy atom. The second-order valence-electron chi connectivity index (χ2n) is 8.14. The van der Waals surface area contributed by atoms with Crippen LogP contribution in [0.1, 0.15) is 20.3 Å². The van der Waals surface area contributed by atoms with Gasteiger partial charge in [-0.1, -0.05) is 26.0 Å². The molecule has 0 spiro atoms. The molecule has 32 heavy (non-hydrogen) atoms. The molecule has 0 bridgehead atoms. The van der Waals surface area contributed by atoms with E-state index in [2.05, 4.69) is 9.62 Å². The molecule has 1 saturated heterocycles. The van der Waals surface area contributed by atoms with E-state index >= 15 is 0 Å². The van der Waals surface area contributed by atoms with Crippen molar-refractivity contribution in [3.05, 3.63) is 54.3 Å². The van der Waals surface area contributed by atoms with Crippen molar-refractivity contribution >= 4 is 21.6 Å². The normalized spacial score (nSPS) is 16.0. The average molecular weight is 464 g/mol. The lowest BCUT2D eigenvalue weighted by Gasteiger charge is -2.29. The molecule has 2 aromatic carbocycles. The highest BCUT2D eigenvalue weighted by atomic mass is 32.2. The van der Waals surface area contributed by atoms with Crippen LogP contribution in [0.5, 0.6) is 5.75 Å². The van der Waals surface area contributed by atoms with Crippen molar-refractivity contribution in [2.75, 3.05) is 38.2 Å². The fourth-order valence-corrected chi connectivity index (χ4v) is 5.17. The molecule has 1 amide bonds. The first kappa shape index (κ1) is 24.0. The lowest BCUT2D eigenvalue weighted by atomic mass is 10.0. The number of sulfonamides is 1. The summed E-state index contributed by atoms with van der Waals surface area (Å²) in [5.41, 5.74) is 1.04. The molecule has 1 fully saturated rings. The van der Waals surface area contributed by atoms with Gasteiger partial charge in [0.15, 0.2) is 0 Å². The van der Waals surface area contributed by atoms with Crippen molar-refractivity contribution in [1.29, 1.82) is 0 Å². The Hall–Kier alpha value is -2.65. The Bertz CT molecular complexity index is 1030. The SMILES string of the molecule is COc1ccc(N2CCCN(C(=O)[C@@H](NS(=O)(=O)c3ccccc3F)C(C)C)CC2)cc1. The van der Waals surface area contributed by atoms with E-state index in [1.807, 2.05) is 24.3 Å². The lowest BCUT2D eigenvalue weighted by molar-refractivity contribution is -0.133. The molecular formula is C23H30FN3O4S. The number of hydrogen-bond donors (Lipinski definition) is 1. The number of hydrogen-bond acceptors (Lipinski definition) is 5. The molecule has 0 unspecified atom stereocenters. The zero-order valence-corrected chi connectivity index (χ0v) is 19.4. The van der Waals surface area contributed by atoms with Gasteiger partial charge in [0.25, 0.3) is 0 Å². The minimum absolute atomic E-state index is 0.295. The maximum Gasteiger partial charge on any atom is 0.244 e. The highest BCUT2D eigenvalue weighted by molar-refractivity contribution is 7.89. The van der Waals surface area contributed by atoms with Crippen LogP contribution in [0.3, 0.4) is 0 Å². The van der Waals surface area contributed by atoms with Crippen LogP contribution in [0, 0.1) is 11.7 Å². The van der Waals surface area contributed by atoms with E-state index in [9.17, 15) is 17.6 Å². The van der Waals surface area contributed by atoms with E-state index in [0.717, 1.165) is 30.5 Å². The smallest absolute Gasteiger partial charge is 0.244 e. The van der Waals surface area contributed by atoms with Crippen LogP contribution in [-0.2, 0) is 14.8 Å². The molecule has 0 aliphatic carbocycles. The third-order valence-electron chi connectivity index (χ3n) is 5.59. The van der Waals surface area contributed by atoms with Crippen LogP contribution < -0.4 is 14.4 Å². The predicted octanol–water partition coefficient (Wildman–Crippen LogP) is 2.88. The number of benzene rings is 2. The topological polar surface area (TPSA) is 79.0 Å². The molecule has 3 rings (SSSR count). The maximum absolute atomic E-state index is 14.1. The standard InChI is InChI=1S/C23H30FN3O4S/c1-17(2)22(25-32(29,30)21-8-5-4-7-20(21)24)23(28)27-14-6-13-26(15-16-27)18-9-11-19(31-3)12-10-18/h4-5,7-12,17,22,25H,6,13-16H2,1-3H3/t22-/m0/s1. The summed E-state index contributed by atoms with van der Waals surface area (Å²) in [5.74, 6) is -0.663. The number of nitrogens with one attached hydrogen (secondary N) is 1. The molecule has 1 heterocycles. The molecular weight excluding hydrogens is 433 g/mol. The van der Waals surface area contributed by atoms with Crippen molar-refractivity contribution < 1.29 is 22.3 Å². The quantitative estimate of drug-likeness (QED) is 0.683. The van der Waals surface area contributed by atoms with Gasteiger partial charge in [0.1, 0.15) is 22.5 Å². The summed E-state index contributed by atoms with van der Waals surface area (Å²) in [4.78, 5) is 16.7. The summed E-state index contributed by atoms with van der Waals surface area (Å²) in [6.45, 7) is 5.94. The average Bonchev–Trinajstić information content (AvgIpc) is 3.03. The summed E-state index contributed by atoms with van der Waals surface area (Å²) in [5, 5.41) is 0. The monoisotopic (exact) mass is 463 g/mol. The van der Waals surface area contributed by atoms with E-state index < -0.39 is 26.8 Å². The Labute approximate surface area is 189 Å². The fourth-order valence-electron chi connectivity index (χ4n) is 3.75. The maximum atomic E-state index is 14.1. The molecule has 1 aliphatic rings. The minimum atomic E-state index is -4.18. The van der Waals surface area contributed by atoms with Crippen molar-refractivity contribution in [3.8, 4) is 5.75 Å². The van der Waals surface area contributed by atoms with Crippen molar-refractivity contribution in [1.82, 2.24) is 9.62 Å². The molecule has 1 atom stereocenters. The van der Waals surface area contributed by atoms with Crippen LogP contribution in [0.15, 0.2) is 53.4 Å². The largest absolute Gasteiger partial charge is 0.497 e. The molecule has 2 aromatic rings. The van der Waals surface area contributed by atoms with Crippen LogP contribution in [0.2, 0.25) is 0 Å². The second kappa shape index (κ2) is 10.3. The van der Waals surface area contributed by atoms with Crippen LogP contribution in [0.25, 0.3) is 0 Å². The Morgan fingerprint density at radius 1 is 1.03 bits per heavy atom. The van der Waals surface area contributed by atoms with Gasteiger partial charge in [0.2, 0.25) is 15.9 Å². The van der Waals surface area contributed by atoms with Crippen LogP contribution in [0.4, 0.5) is 10.1 Å². The van der Waals surface area contributed by atoms with Gasteiger partial charge in [-0.25, -0.2) is 12.8 Å². The number of amides is 1. The molecule has 7 nitrogen and oxygen atoms in total. The summed E-state index contributed by atoms with van der Waals surface area (Å²) >= 11 is 0. The first-order valence-corrected chi connectivity index (χ1v) is 12.2. The highest BCUT2D eigenvalue weighted by Gasteiger charge is 2.33. The second-order valence-corrected chi connectivity index (χ2v) is 9.82. The van der Waals surface area contributed by atoms with Gasteiger partial charge < -0.3 is 14.5 Å². The van der Waals surface area contributed by atoms with E-state index in [1.165, 1.54) is 18.2 Å². The summed E-state index contributed by atoms with van der Waals surface area (Å²) in [6, 6.07) is 11.9. The third kappa shape index (κ3) is 5.58. The van der Waals surface area contributed by atoms with Gasteiger partial charge in [-0.2, -0.15) is 4.72 Å². The molecule has 9 heteroatoms. The number of nitrogens with zero attached hydrogens (tertiary/aromatic N) is 2. The number of carbonyl (C=O) groups is 1. The number of methoxy groups -OCH3 is 1. The van der Waals surface area contributed by atoms with Gasteiger partial charge in [0, 0.05) is 31.9 Å². The summed E-state index contributed by atoms with van der Waals surface area (Å²) in [6.07, 6.45) is 0.753. The Kier molecular flexibility index (Phi) is 7.73. The third-order valence-corrected chi connectivity index (χ3v) is 7.06. The molecule has 0 saturated carbocycles. The van der Waals surface area contributed by atoms with Crippen molar-refractivity contribution in [3.63, 3.8) is 0 Å². The minimum Gasteiger partial charge on any atom is -0.497 e. The number of halogens is 1. The van der Waals surface area contributed by atoms with E-state index in [4.69, 9.17) is 4.74 Å². The summed E-state index contributed by atoms with van der Waals surface area (Å²) < 4.78 is 47.3. The molecule has 1 N–H and O–H groups in total. The van der Waals surface area contributed by atoms with Crippen molar-refractivity contribution in [2.24, 2.45) is 5.92 Å². The lowest BCUT2D eigenvalue weighted by Crippen LogP contribution is -2.52. The molecule has 174 valence electrons. The number of ether oxygens (including phenoxy) is 1. The van der Waals surface area contributed by atoms with Crippen LogP contribution in [-0.4, -0.2) is 58.6 Å². The van der Waals surface area contributed by atoms with Gasteiger partial charge in [-0.15, -0.1) is 0 Å². The van der Waals surface area contributed by atoms with Gasteiger partial charge in [-0.05, 0) is 48.7 Å². The first-order valence-electron chi connectivity index (χ1n) is 10.7. The van der Waals surface area contributed by atoms with E-state index in [-0.39, 0.29) is 11.8 Å². The predicted molar refractivity (Wildman–Crippen MR) is 122 cm³/mol. The van der Waals surface area contributed by atoms with E-state index in [0.29, 0.717) is 19.6 Å². The van der Waals surface area contributed by atoms with Gasteiger partial charge in [-0.3, -0.25) is 4.79 Å². The Balaban J connectivity index is 1.71. The number of carbonyl (C=O) groups excluding carboxylic acids is 1. The molecule has 1 aliphatic heterocycles. The number of anilines is 1. The Morgan fingerprint density at radius 3 is 2.34 bits per heavy atom. The zero-order chi connectivity index (χ0) is 23.3.